The smallest absolute Gasteiger partial charge is 0.0883 e. The second-order valence-corrected chi connectivity index (χ2v) is 6.08. The van der Waals surface area contributed by atoms with Crippen LogP contribution in [0.2, 0.25) is 0 Å². The summed E-state index contributed by atoms with van der Waals surface area (Å²) in [6, 6.07) is 8.91. The molecular formula is C17H27NO. The van der Waals surface area contributed by atoms with Gasteiger partial charge in [0.1, 0.15) is 0 Å². The molecule has 1 saturated heterocycles. The highest BCUT2D eigenvalue weighted by Crippen LogP contribution is 2.29. The zero-order valence-corrected chi connectivity index (χ0v) is 12.3. The first-order valence-electron chi connectivity index (χ1n) is 7.67. The standard InChI is InChI=1S/C17H27NO/c1-3-7-14-8-6-9-15(12-14)17(2,19)13-16-10-4-5-11-18-16/h6,8-9,12,16,18-19H,3-5,7,10-11,13H2,1-2H3. The maximum atomic E-state index is 10.8. The minimum absolute atomic E-state index is 0.457. The lowest BCUT2D eigenvalue weighted by Gasteiger charge is -2.32. The molecule has 1 aliphatic rings. The minimum Gasteiger partial charge on any atom is -0.385 e. The number of aliphatic hydroxyl groups is 1. The monoisotopic (exact) mass is 261 g/mol. The predicted molar refractivity (Wildman–Crippen MR) is 80.3 cm³/mol. The fourth-order valence-electron chi connectivity index (χ4n) is 3.05. The Bertz CT molecular complexity index is 394. The number of rotatable bonds is 5. The van der Waals surface area contributed by atoms with Crippen LogP contribution >= 0.6 is 0 Å². The summed E-state index contributed by atoms with van der Waals surface area (Å²) in [4.78, 5) is 0. The lowest BCUT2D eigenvalue weighted by atomic mass is 9.85. The van der Waals surface area contributed by atoms with Gasteiger partial charge in [0.25, 0.3) is 0 Å². The van der Waals surface area contributed by atoms with Crippen LogP contribution in [-0.2, 0) is 12.0 Å². The Balaban J connectivity index is 2.06. The highest BCUT2D eigenvalue weighted by molar-refractivity contribution is 5.28. The van der Waals surface area contributed by atoms with E-state index in [1.807, 2.05) is 6.92 Å². The molecule has 106 valence electrons. The van der Waals surface area contributed by atoms with E-state index in [0.717, 1.165) is 31.4 Å². The van der Waals surface area contributed by atoms with Gasteiger partial charge in [-0.25, -0.2) is 0 Å². The third-order valence-electron chi connectivity index (χ3n) is 4.14. The van der Waals surface area contributed by atoms with Gasteiger partial charge in [-0.15, -0.1) is 0 Å². The number of nitrogens with one attached hydrogen (secondary N) is 1. The predicted octanol–water partition coefficient (Wildman–Crippen LogP) is 3.38. The third-order valence-corrected chi connectivity index (χ3v) is 4.14. The normalized spacial score (nSPS) is 23.0. The molecule has 19 heavy (non-hydrogen) atoms. The highest BCUT2D eigenvalue weighted by atomic mass is 16.3. The number of benzene rings is 1. The van der Waals surface area contributed by atoms with E-state index in [4.69, 9.17) is 0 Å². The number of hydrogen-bond donors (Lipinski definition) is 2. The lowest BCUT2D eigenvalue weighted by Crippen LogP contribution is -2.39. The molecule has 1 aromatic carbocycles. The molecule has 0 aliphatic carbocycles. The average molecular weight is 261 g/mol. The lowest BCUT2D eigenvalue weighted by molar-refractivity contribution is 0.0331. The molecule has 0 saturated carbocycles. The van der Waals surface area contributed by atoms with Crippen LogP contribution in [0, 0.1) is 0 Å². The summed E-state index contributed by atoms with van der Waals surface area (Å²) in [7, 11) is 0. The first-order valence-corrected chi connectivity index (χ1v) is 7.67. The van der Waals surface area contributed by atoms with Gasteiger partial charge in [0, 0.05) is 6.04 Å². The van der Waals surface area contributed by atoms with Gasteiger partial charge in [0.05, 0.1) is 5.60 Å². The molecule has 0 bridgehead atoms. The number of aryl methyl sites for hydroxylation is 1. The summed E-state index contributed by atoms with van der Waals surface area (Å²) in [6.07, 6.45) is 6.78. The van der Waals surface area contributed by atoms with Crippen molar-refractivity contribution in [3.63, 3.8) is 0 Å². The van der Waals surface area contributed by atoms with Crippen LogP contribution in [0.1, 0.15) is 57.1 Å². The van der Waals surface area contributed by atoms with E-state index in [-0.39, 0.29) is 0 Å². The molecule has 1 heterocycles. The van der Waals surface area contributed by atoms with E-state index < -0.39 is 5.60 Å². The Labute approximate surface area is 117 Å². The van der Waals surface area contributed by atoms with Crippen molar-refractivity contribution in [2.24, 2.45) is 0 Å². The van der Waals surface area contributed by atoms with Crippen LogP contribution in [0.25, 0.3) is 0 Å². The summed E-state index contributed by atoms with van der Waals surface area (Å²) >= 11 is 0. The van der Waals surface area contributed by atoms with Crippen molar-refractivity contribution < 1.29 is 5.11 Å². The van der Waals surface area contributed by atoms with Crippen molar-refractivity contribution in [2.75, 3.05) is 6.54 Å². The van der Waals surface area contributed by atoms with Crippen LogP contribution in [0.3, 0.4) is 0 Å². The van der Waals surface area contributed by atoms with Gasteiger partial charge in [-0.2, -0.15) is 0 Å². The Morgan fingerprint density at radius 2 is 2.21 bits per heavy atom. The molecule has 2 N–H and O–H groups in total. The number of hydrogen-bond acceptors (Lipinski definition) is 2. The van der Waals surface area contributed by atoms with Crippen molar-refractivity contribution in [3.8, 4) is 0 Å². The maximum Gasteiger partial charge on any atom is 0.0883 e. The minimum atomic E-state index is -0.723. The third kappa shape index (κ3) is 4.05. The van der Waals surface area contributed by atoms with Crippen molar-refractivity contribution in [3.05, 3.63) is 35.4 Å². The van der Waals surface area contributed by atoms with Crippen molar-refractivity contribution in [1.29, 1.82) is 0 Å². The summed E-state index contributed by atoms with van der Waals surface area (Å²) in [5.74, 6) is 0. The summed E-state index contributed by atoms with van der Waals surface area (Å²) in [5, 5.41) is 14.3. The van der Waals surface area contributed by atoms with Gasteiger partial charge in [0.15, 0.2) is 0 Å². The number of piperidine rings is 1. The van der Waals surface area contributed by atoms with E-state index >= 15 is 0 Å². The van der Waals surface area contributed by atoms with E-state index in [0.29, 0.717) is 6.04 Å². The molecule has 0 radical (unpaired) electrons. The fraction of sp³-hybridized carbons (Fsp3) is 0.647. The van der Waals surface area contributed by atoms with Crippen molar-refractivity contribution >= 4 is 0 Å². The Hall–Kier alpha value is -0.860. The first kappa shape index (κ1) is 14.5. The van der Waals surface area contributed by atoms with Crippen molar-refractivity contribution in [1.82, 2.24) is 5.32 Å². The molecule has 0 spiro atoms. The summed E-state index contributed by atoms with van der Waals surface area (Å²) in [6.45, 7) is 5.24. The first-order chi connectivity index (χ1) is 9.12. The van der Waals surface area contributed by atoms with Crippen LogP contribution < -0.4 is 5.32 Å². The van der Waals surface area contributed by atoms with Gasteiger partial charge in [-0.05, 0) is 50.3 Å². The fourth-order valence-corrected chi connectivity index (χ4v) is 3.05. The summed E-state index contributed by atoms with van der Waals surface area (Å²) in [5.41, 5.74) is 1.67. The zero-order chi connectivity index (χ0) is 13.7. The summed E-state index contributed by atoms with van der Waals surface area (Å²) < 4.78 is 0. The quantitative estimate of drug-likeness (QED) is 0.851. The Kier molecular flexibility index (Phi) is 5.00. The van der Waals surface area contributed by atoms with E-state index in [9.17, 15) is 5.11 Å². The second kappa shape index (κ2) is 6.53. The molecular weight excluding hydrogens is 234 g/mol. The van der Waals surface area contributed by atoms with Gasteiger partial charge >= 0.3 is 0 Å². The molecule has 2 atom stereocenters. The molecule has 1 fully saturated rings. The SMILES string of the molecule is CCCc1cccc(C(C)(O)CC2CCCCN2)c1. The topological polar surface area (TPSA) is 32.3 Å². The van der Waals surface area contributed by atoms with Gasteiger partial charge in [-0.3, -0.25) is 0 Å². The zero-order valence-electron chi connectivity index (χ0n) is 12.3. The second-order valence-electron chi connectivity index (χ2n) is 6.08. The highest BCUT2D eigenvalue weighted by Gasteiger charge is 2.28. The van der Waals surface area contributed by atoms with Crippen LogP contribution in [0.15, 0.2) is 24.3 Å². The molecule has 2 heteroatoms. The van der Waals surface area contributed by atoms with Crippen molar-refractivity contribution in [2.45, 2.75) is 64.0 Å². The largest absolute Gasteiger partial charge is 0.385 e. The van der Waals surface area contributed by atoms with Gasteiger partial charge in [0.2, 0.25) is 0 Å². The molecule has 1 aliphatic heterocycles. The molecule has 2 nitrogen and oxygen atoms in total. The van der Waals surface area contributed by atoms with E-state index in [1.54, 1.807) is 0 Å². The van der Waals surface area contributed by atoms with Crippen LogP contribution in [0.4, 0.5) is 0 Å². The van der Waals surface area contributed by atoms with E-state index in [2.05, 4.69) is 36.5 Å². The molecule has 0 amide bonds. The molecule has 2 unspecified atom stereocenters. The Morgan fingerprint density at radius 1 is 1.37 bits per heavy atom. The van der Waals surface area contributed by atoms with Gasteiger partial charge in [-0.1, -0.05) is 44.0 Å². The van der Waals surface area contributed by atoms with E-state index in [1.165, 1.54) is 24.8 Å². The molecule has 0 aromatic heterocycles. The van der Waals surface area contributed by atoms with Crippen LogP contribution in [-0.4, -0.2) is 17.7 Å². The Morgan fingerprint density at radius 3 is 2.89 bits per heavy atom. The van der Waals surface area contributed by atoms with Gasteiger partial charge < -0.3 is 10.4 Å². The maximum absolute atomic E-state index is 10.8. The average Bonchev–Trinajstić information content (AvgIpc) is 2.40. The molecule has 1 aromatic rings. The van der Waals surface area contributed by atoms with Crippen LogP contribution in [0.5, 0.6) is 0 Å². The molecule has 2 rings (SSSR count).